The fourth-order valence-corrected chi connectivity index (χ4v) is 3.20. The molecule has 0 aliphatic carbocycles. The second kappa shape index (κ2) is 7.09. The molecule has 0 bridgehead atoms. The quantitative estimate of drug-likeness (QED) is 0.802. The zero-order valence-electron chi connectivity index (χ0n) is 15.6. The van der Waals surface area contributed by atoms with Crippen molar-refractivity contribution >= 4 is 23.0 Å². The first kappa shape index (κ1) is 18.4. The molecule has 2 N–H and O–H groups in total. The molecule has 1 fully saturated rings. The maximum Gasteiger partial charge on any atom is 0.419 e. The van der Waals surface area contributed by atoms with Crippen molar-refractivity contribution in [2.45, 2.75) is 32.4 Å². The first-order valence-corrected chi connectivity index (χ1v) is 8.71. The van der Waals surface area contributed by atoms with Crippen LogP contribution in [0.1, 0.15) is 42.7 Å². The molecule has 1 aliphatic heterocycles. The van der Waals surface area contributed by atoms with Crippen LogP contribution < -0.4 is 10.6 Å². The van der Waals surface area contributed by atoms with Gasteiger partial charge in [-0.2, -0.15) is 0 Å². The van der Waals surface area contributed by atoms with Crippen molar-refractivity contribution in [3.8, 4) is 0 Å². The van der Waals surface area contributed by atoms with Crippen LogP contribution >= 0.6 is 0 Å². The maximum absolute atomic E-state index is 12.6. The number of fused-ring (bicyclic) bond motifs is 1. The summed E-state index contributed by atoms with van der Waals surface area (Å²) in [5.41, 5.74) is 1.25. The molecule has 2 heterocycles. The minimum Gasteiger partial charge on any atom is -0.465 e. The van der Waals surface area contributed by atoms with Crippen molar-refractivity contribution in [3.05, 3.63) is 35.5 Å². The number of hydrogen-bond acceptors (Lipinski definition) is 6. The number of esters is 1. The Morgan fingerprint density at radius 2 is 1.96 bits per heavy atom. The number of ether oxygens (including phenoxy) is 2. The van der Waals surface area contributed by atoms with Gasteiger partial charge in [0.05, 0.1) is 18.2 Å². The number of rotatable bonds is 2. The highest BCUT2D eigenvalue weighted by molar-refractivity contribution is 6.06. The monoisotopic (exact) mass is 359 g/mol. The van der Waals surface area contributed by atoms with Gasteiger partial charge in [-0.3, -0.25) is 4.57 Å². The van der Waals surface area contributed by atoms with Crippen LogP contribution in [0.25, 0.3) is 10.9 Å². The van der Waals surface area contributed by atoms with Crippen LogP contribution in [0, 0.1) is 0 Å². The lowest BCUT2D eigenvalue weighted by atomic mass is 9.98. The Hall–Kier alpha value is -2.38. The van der Waals surface area contributed by atoms with Gasteiger partial charge in [-0.15, -0.1) is 0 Å². The summed E-state index contributed by atoms with van der Waals surface area (Å²) in [6.45, 7) is 7.98. The van der Waals surface area contributed by atoms with Crippen LogP contribution in [0.2, 0.25) is 0 Å². The van der Waals surface area contributed by atoms with Gasteiger partial charge in [-0.1, -0.05) is 6.07 Å². The molecular formula is C19H25N3O4. The molecule has 26 heavy (non-hydrogen) atoms. The molecule has 140 valence electrons. The van der Waals surface area contributed by atoms with Crippen LogP contribution in [0.4, 0.5) is 4.79 Å². The summed E-state index contributed by atoms with van der Waals surface area (Å²) < 4.78 is 11.8. The Morgan fingerprint density at radius 1 is 1.19 bits per heavy atom. The number of nitrogens with one attached hydrogen (secondary N) is 2. The molecule has 1 saturated heterocycles. The van der Waals surface area contributed by atoms with Gasteiger partial charge in [0, 0.05) is 37.3 Å². The van der Waals surface area contributed by atoms with Crippen molar-refractivity contribution in [1.82, 2.24) is 15.2 Å². The summed E-state index contributed by atoms with van der Waals surface area (Å²) >= 11 is 0. The van der Waals surface area contributed by atoms with E-state index in [4.69, 9.17) is 9.47 Å². The normalized spacial score (nSPS) is 17.9. The summed E-state index contributed by atoms with van der Waals surface area (Å²) in [5.74, 6) is -0.486. The number of nitrogens with zero attached hydrogens (tertiary/aromatic N) is 1. The topological polar surface area (TPSA) is 81.6 Å². The predicted molar refractivity (Wildman–Crippen MR) is 98.5 cm³/mol. The second-order valence-electron chi connectivity index (χ2n) is 7.33. The highest BCUT2D eigenvalue weighted by Gasteiger charge is 2.25. The van der Waals surface area contributed by atoms with Crippen LogP contribution in [-0.4, -0.2) is 49.0 Å². The average molecular weight is 359 g/mol. The Bertz CT molecular complexity index is 829. The Balaban J connectivity index is 2.14. The molecule has 0 spiro atoms. The molecule has 2 aromatic rings. The van der Waals surface area contributed by atoms with Gasteiger partial charge in [0.15, 0.2) is 0 Å². The standard InChI is InChI=1S/C19H25N3O4/c1-19(2,3)26-18(24)22-10-7-13-12(15-11-20-8-9-21-15)5-6-14(16(13)22)17(23)25-4/h5-7,10,15,20-21H,8-9,11H2,1-4H3. The van der Waals surface area contributed by atoms with E-state index < -0.39 is 17.7 Å². The molecule has 1 atom stereocenters. The lowest BCUT2D eigenvalue weighted by Gasteiger charge is -2.26. The van der Waals surface area contributed by atoms with Crippen molar-refractivity contribution in [1.29, 1.82) is 0 Å². The van der Waals surface area contributed by atoms with Gasteiger partial charge >= 0.3 is 12.1 Å². The van der Waals surface area contributed by atoms with Crippen molar-refractivity contribution in [2.24, 2.45) is 0 Å². The first-order chi connectivity index (χ1) is 12.3. The largest absolute Gasteiger partial charge is 0.465 e. The van der Waals surface area contributed by atoms with E-state index in [0.717, 1.165) is 30.6 Å². The van der Waals surface area contributed by atoms with E-state index in [2.05, 4.69) is 10.6 Å². The van der Waals surface area contributed by atoms with E-state index >= 15 is 0 Å². The summed E-state index contributed by atoms with van der Waals surface area (Å²) in [6, 6.07) is 5.57. The molecule has 0 amide bonds. The summed E-state index contributed by atoms with van der Waals surface area (Å²) in [7, 11) is 1.33. The minimum absolute atomic E-state index is 0.104. The molecule has 1 aromatic carbocycles. The number of piperazine rings is 1. The molecule has 1 aliphatic rings. The fraction of sp³-hybridized carbons (Fsp3) is 0.474. The van der Waals surface area contributed by atoms with E-state index in [1.165, 1.54) is 11.7 Å². The van der Waals surface area contributed by atoms with Crippen molar-refractivity contribution in [2.75, 3.05) is 26.7 Å². The summed E-state index contributed by atoms with van der Waals surface area (Å²) in [5, 5.41) is 7.65. The molecule has 0 radical (unpaired) electrons. The second-order valence-corrected chi connectivity index (χ2v) is 7.33. The van der Waals surface area contributed by atoms with Crippen LogP contribution in [0.15, 0.2) is 24.4 Å². The molecule has 3 rings (SSSR count). The number of hydrogen-bond donors (Lipinski definition) is 2. The van der Waals surface area contributed by atoms with E-state index in [0.29, 0.717) is 11.1 Å². The summed E-state index contributed by atoms with van der Waals surface area (Å²) in [4.78, 5) is 24.9. The Labute approximate surface area is 152 Å². The molecule has 7 heteroatoms. The fourth-order valence-electron chi connectivity index (χ4n) is 3.20. The summed E-state index contributed by atoms with van der Waals surface area (Å²) in [6.07, 6.45) is 1.12. The molecule has 1 aromatic heterocycles. The third-order valence-corrected chi connectivity index (χ3v) is 4.29. The van der Waals surface area contributed by atoms with E-state index in [9.17, 15) is 9.59 Å². The van der Waals surface area contributed by atoms with Gasteiger partial charge < -0.3 is 20.1 Å². The van der Waals surface area contributed by atoms with E-state index in [1.54, 1.807) is 33.0 Å². The maximum atomic E-state index is 12.6. The number of carbonyl (C=O) groups excluding carboxylic acids is 2. The van der Waals surface area contributed by atoms with Gasteiger partial charge in [0.1, 0.15) is 5.60 Å². The third kappa shape index (κ3) is 3.59. The van der Waals surface area contributed by atoms with E-state index in [-0.39, 0.29) is 6.04 Å². The Kier molecular flexibility index (Phi) is 5.02. The van der Waals surface area contributed by atoms with Crippen LogP contribution in [0.5, 0.6) is 0 Å². The van der Waals surface area contributed by atoms with Gasteiger partial charge in [0.25, 0.3) is 0 Å². The molecule has 1 unspecified atom stereocenters. The number of methoxy groups -OCH3 is 1. The van der Waals surface area contributed by atoms with Gasteiger partial charge in [-0.25, -0.2) is 9.59 Å². The van der Waals surface area contributed by atoms with E-state index in [1.807, 2.05) is 12.1 Å². The molecular weight excluding hydrogens is 334 g/mol. The highest BCUT2D eigenvalue weighted by atomic mass is 16.6. The highest BCUT2D eigenvalue weighted by Crippen LogP contribution is 2.30. The van der Waals surface area contributed by atoms with Crippen molar-refractivity contribution < 1.29 is 19.1 Å². The number of aromatic nitrogens is 1. The lowest BCUT2D eigenvalue weighted by Crippen LogP contribution is -2.42. The Morgan fingerprint density at radius 3 is 2.58 bits per heavy atom. The number of carbonyl (C=O) groups is 2. The molecule has 0 saturated carbocycles. The number of benzene rings is 1. The van der Waals surface area contributed by atoms with Crippen molar-refractivity contribution in [3.63, 3.8) is 0 Å². The predicted octanol–water partition coefficient (Wildman–Crippen LogP) is 2.45. The third-order valence-electron chi connectivity index (χ3n) is 4.29. The zero-order chi connectivity index (χ0) is 18.9. The zero-order valence-corrected chi connectivity index (χ0v) is 15.6. The van der Waals surface area contributed by atoms with Crippen LogP contribution in [0.3, 0.4) is 0 Å². The minimum atomic E-state index is -0.633. The SMILES string of the molecule is COC(=O)c1ccc(C2CNCCN2)c2ccn(C(=O)OC(C)(C)C)c12. The van der Waals surface area contributed by atoms with Gasteiger partial charge in [0.2, 0.25) is 0 Å². The smallest absolute Gasteiger partial charge is 0.419 e. The molecule has 7 nitrogen and oxygen atoms in total. The first-order valence-electron chi connectivity index (χ1n) is 8.71. The van der Waals surface area contributed by atoms with Crippen LogP contribution in [-0.2, 0) is 9.47 Å². The average Bonchev–Trinajstić information content (AvgIpc) is 3.05. The lowest BCUT2D eigenvalue weighted by molar-refractivity contribution is 0.0544. The van der Waals surface area contributed by atoms with Gasteiger partial charge in [-0.05, 0) is 38.5 Å².